The van der Waals surface area contributed by atoms with Crippen molar-refractivity contribution in [1.29, 1.82) is 0 Å². The molecule has 1 aliphatic rings. The molecule has 1 fully saturated rings. The number of anilines is 1. The number of carbonyl (C=O) groups is 1. The summed E-state index contributed by atoms with van der Waals surface area (Å²) < 4.78 is 10.3. The van der Waals surface area contributed by atoms with Crippen molar-refractivity contribution in [3.8, 4) is 11.5 Å². The Hall–Kier alpha value is -3.17. The molecule has 1 N–H and O–H groups in total. The van der Waals surface area contributed by atoms with Gasteiger partial charge < -0.3 is 19.7 Å². The van der Waals surface area contributed by atoms with Crippen LogP contribution in [0.25, 0.3) is 0 Å². The lowest BCUT2D eigenvalue weighted by Gasteiger charge is -2.32. The summed E-state index contributed by atoms with van der Waals surface area (Å²) in [6.45, 7) is 5.01. The van der Waals surface area contributed by atoms with Crippen molar-refractivity contribution in [2.75, 3.05) is 52.8 Å². The molecule has 30 heavy (non-hydrogen) atoms. The summed E-state index contributed by atoms with van der Waals surface area (Å²) in [7, 11) is 4.91. The number of likely N-dealkylation sites (N-methyl/N-ethyl adjacent to an activating group) is 1. The first-order chi connectivity index (χ1) is 14.4. The predicted octanol–water partition coefficient (Wildman–Crippen LogP) is 2.61. The molecule has 1 saturated heterocycles. The molecular weight excluding hydrogens is 388 g/mol. The number of nitrogens with one attached hydrogen (secondary N) is 1. The highest BCUT2D eigenvalue weighted by molar-refractivity contribution is 6.07. The van der Waals surface area contributed by atoms with E-state index in [0.717, 1.165) is 38.3 Å². The minimum Gasteiger partial charge on any atom is -0.493 e. The van der Waals surface area contributed by atoms with E-state index in [0.29, 0.717) is 5.69 Å². The quantitative estimate of drug-likeness (QED) is 0.549. The molecule has 0 unspecified atom stereocenters. The molecule has 0 bridgehead atoms. The van der Waals surface area contributed by atoms with E-state index in [-0.39, 0.29) is 22.7 Å². The Balaban J connectivity index is 1.72. The minimum absolute atomic E-state index is 0.0980. The fraction of sp³-hybridized carbons (Fsp3) is 0.381. The lowest BCUT2D eigenvalue weighted by atomic mass is 10.1. The normalized spacial score (nSPS) is 14.9. The molecule has 0 spiro atoms. The first-order valence-corrected chi connectivity index (χ1v) is 9.63. The molecule has 1 aliphatic heterocycles. The second-order valence-corrected chi connectivity index (χ2v) is 7.21. The molecule has 9 heteroatoms. The van der Waals surface area contributed by atoms with E-state index in [1.165, 1.54) is 26.4 Å². The summed E-state index contributed by atoms with van der Waals surface area (Å²) in [5, 5.41) is 14.1. The third-order valence-corrected chi connectivity index (χ3v) is 5.16. The third kappa shape index (κ3) is 5.05. The Morgan fingerprint density at radius 1 is 1.07 bits per heavy atom. The van der Waals surface area contributed by atoms with Crippen molar-refractivity contribution < 1.29 is 19.2 Å². The van der Waals surface area contributed by atoms with Crippen LogP contribution in [0.3, 0.4) is 0 Å². The topological polar surface area (TPSA) is 97.2 Å². The van der Waals surface area contributed by atoms with E-state index in [1.807, 2.05) is 12.1 Å². The lowest BCUT2D eigenvalue weighted by Crippen LogP contribution is -2.43. The smallest absolute Gasteiger partial charge is 0.286 e. The van der Waals surface area contributed by atoms with Gasteiger partial charge in [0.25, 0.3) is 11.6 Å². The van der Waals surface area contributed by atoms with Crippen molar-refractivity contribution >= 4 is 17.3 Å². The first-order valence-electron chi connectivity index (χ1n) is 9.63. The summed E-state index contributed by atoms with van der Waals surface area (Å²) >= 11 is 0. The molecular formula is C21H26N4O5. The molecule has 2 aromatic rings. The Morgan fingerprint density at radius 3 is 2.23 bits per heavy atom. The van der Waals surface area contributed by atoms with Gasteiger partial charge in [-0.25, -0.2) is 0 Å². The van der Waals surface area contributed by atoms with Crippen molar-refractivity contribution in [3.05, 3.63) is 57.6 Å². The zero-order valence-corrected chi connectivity index (χ0v) is 17.4. The highest BCUT2D eigenvalue weighted by Crippen LogP contribution is 2.34. The second-order valence-electron chi connectivity index (χ2n) is 7.21. The second kappa shape index (κ2) is 9.55. The van der Waals surface area contributed by atoms with Gasteiger partial charge in [0.2, 0.25) is 0 Å². The number of ether oxygens (including phenoxy) is 2. The van der Waals surface area contributed by atoms with Gasteiger partial charge in [0, 0.05) is 44.5 Å². The van der Waals surface area contributed by atoms with Crippen molar-refractivity contribution in [1.82, 2.24) is 9.80 Å². The van der Waals surface area contributed by atoms with Crippen LogP contribution in [0.15, 0.2) is 36.4 Å². The van der Waals surface area contributed by atoms with Gasteiger partial charge in [-0.05, 0) is 24.7 Å². The Kier molecular flexibility index (Phi) is 6.86. The average Bonchev–Trinajstić information content (AvgIpc) is 2.75. The largest absolute Gasteiger partial charge is 0.493 e. The lowest BCUT2D eigenvalue weighted by molar-refractivity contribution is -0.385. The standard InChI is InChI=1S/C21H26N4O5/c1-23-8-10-24(11-9-23)14-15-4-6-16(7-5-15)22-21(26)17-12-19(29-2)20(30-3)13-18(17)25(27)28/h4-7,12-13H,8-11,14H2,1-3H3,(H,22,26). The zero-order valence-electron chi connectivity index (χ0n) is 17.4. The van der Waals surface area contributed by atoms with E-state index in [1.54, 1.807) is 12.1 Å². The van der Waals surface area contributed by atoms with E-state index in [4.69, 9.17) is 9.47 Å². The number of methoxy groups -OCH3 is 2. The molecule has 160 valence electrons. The fourth-order valence-electron chi connectivity index (χ4n) is 3.36. The van der Waals surface area contributed by atoms with Crippen LogP contribution in [0.1, 0.15) is 15.9 Å². The number of piperazine rings is 1. The maximum Gasteiger partial charge on any atom is 0.286 e. The number of amides is 1. The monoisotopic (exact) mass is 414 g/mol. The average molecular weight is 414 g/mol. The fourth-order valence-corrected chi connectivity index (χ4v) is 3.36. The maximum absolute atomic E-state index is 12.7. The van der Waals surface area contributed by atoms with Crippen LogP contribution < -0.4 is 14.8 Å². The zero-order chi connectivity index (χ0) is 21.7. The Labute approximate surface area is 175 Å². The Bertz CT molecular complexity index is 908. The highest BCUT2D eigenvalue weighted by atomic mass is 16.6. The van der Waals surface area contributed by atoms with Crippen LogP contribution in [-0.4, -0.2) is 68.1 Å². The van der Waals surface area contributed by atoms with Gasteiger partial charge in [0.05, 0.1) is 25.2 Å². The SMILES string of the molecule is COc1cc(C(=O)Nc2ccc(CN3CCN(C)CC3)cc2)c([N+](=O)[O-])cc1OC. The van der Waals surface area contributed by atoms with Crippen LogP contribution >= 0.6 is 0 Å². The number of nitro groups is 1. The van der Waals surface area contributed by atoms with Gasteiger partial charge in [-0.3, -0.25) is 19.8 Å². The summed E-state index contributed by atoms with van der Waals surface area (Å²) in [6, 6.07) is 10.0. The minimum atomic E-state index is -0.615. The van der Waals surface area contributed by atoms with Gasteiger partial charge in [0.1, 0.15) is 5.56 Å². The van der Waals surface area contributed by atoms with Crippen molar-refractivity contribution in [3.63, 3.8) is 0 Å². The molecule has 3 rings (SSSR count). The predicted molar refractivity (Wildman–Crippen MR) is 113 cm³/mol. The van der Waals surface area contributed by atoms with Crippen LogP contribution in [0.4, 0.5) is 11.4 Å². The molecule has 0 saturated carbocycles. The van der Waals surface area contributed by atoms with Gasteiger partial charge in [-0.2, -0.15) is 0 Å². The van der Waals surface area contributed by atoms with E-state index in [9.17, 15) is 14.9 Å². The van der Waals surface area contributed by atoms with Gasteiger partial charge in [0.15, 0.2) is 11.5 Å². The third-order valence-electron chi connectivity index (χ3n) is 5.16. The number of hydrogen-bond acceptors (Lipinski definition) is 7. The number of hydrogen-bond donors (Lipinski definition) is 1. The van der Waals surface area contributed by atoms with E-state index >= 15 is 0 Å². The van der Waals surface area contributed by atoms with Gasteiger partial charge >= 0.3 is 0 Å². The van der Waals surface area contributed by atoms with Gasteiger partial charge in [-0.15, -0.1) is 0 Å². The molecule has 1 heterocycles. The maximum atomic E-state index is 12.7. The molecule has 9 nitrogen and oxygen atoms in total. The molecule has 0 radical (unpaired) electrons. The number of nitrogens with zero attached hydrogens (tertiary/aromatic N) is 3. The molecule has 0 aromatic heterocycles. The van der Waals surface area contributed by atoms with Crippen LogP contribution in [-0.2, 0) is 6.54 Å². The summed E-state index contributed by atoms with van der Waals surface area (Å²) in [5.41, 5.74) is 1.26. The van der Waals surface area contributed by atoms with Crippen LogP contribution in [0.2, 0.25) is 0 Å². The summed E-state index contributed by atoms with van der Waals surface area (Å²) in [5.74, 6) is -0.153. The summed E-state index contributed by atoms with van der Waals surface area (Å²) in [4.78, 5) is 28.2. The van der Waals surface area contributed by atoms with E-state index < -0.39 is 10.8 Å². The highest BCUT2D eigenvalue weighted by Gasteiger charge is 2.24. The first kappa shape index (κ1) is 21.5. The van der Waals surface area contributed by atoms with Gasteiger partial charge in [-0.1, -0.05) is 12.1 Å². The Morgan fingerprint density at radius 2 is 1.67 bits per heavy atom. The summed E-state index contributed by atoms with van der Waals surface area (Å²) in [6.07, 6.45) is 0. The van der Waals surface area contributed by atoms with Crippen LogP contribution in [0, 0.1) is 10.1 Å². The number of carbonyl (C=O) groups excluding carboxylic acids is 1. The number of benzene rings is 2. The van der Waals surface area contributed by atoms with E-state index in [2.05, 4.69) is 22.2 Å². The molecule has 1 amide bonds. The number of rotatable bonds is 7. The van der Waals surface area contributed by atoms with Crippen molar-refractivity contribution in [2.24, 2.45) is 0 Å². The molecule has 0 atom stereocenters. The molecule has 0 aliphatic carbocycles. The van der Waals surface area contributed by atoms with Crippen LogP contribution in [0.5, 0.6) is 11.5 Å². The molecule has 2 aromatic carbocycles. The van der Waals surface area contributed by atoms with Crippen molar-refractivity contribution in [2.45, 2.75) is 6.54 Å². The number of nitro benzene ring substituents is 1.